The summed E-state index contributed by atoms with van der Waals surface area (Å²) in [5.41, 5.74) is 4.04. The summed E-state index contributed by atoms with van der Waals surface area (Å²) in [6.07, 6.45) is 0. The van der Waals surface area contributed by atoms with Crippen molar-refractivity contribution < 1.29 is 15.0 Å². The fourth-order valence-corrected chi connectivity index (χ4v) is 2.29. The number of anilines is 1. The van der Waals surface area contributed by atoms with E-state index in [9.17, 15) is 15.0 Å². The van der Waals surface area contributed by atoms with E-state index in [2.05, 4.69) is 5.32 Å². The van der Waals surface area contributed by atoms with Gasteiger partial charge in [0.25, 0.3) is 5.91 Å². The zero-order valence-corrected chi connectivity index (χ0v) is 11.7. The van der Waals surface area contributed by atoms with Crippen LogP contribution in [0, 0.1) is 20.8 Å². The highest BCUT2D eigenvalue weighted by Crippen LogP contribution is 2.25. The van der Waals surface area contributed by atoms with Crippen LogP contribution in [0.2, 0.25) is 0 Å². The number of phenols is 2. The van der Waals surface area contributed by atoms with E-state index in [1.165, 1.54) is 18.2 Å². The molecule has 0 unspecified atom stereocenters. The molecule has 104 valence electrons. The Labute approximate surface area is 117 Å². The molecule has 4 nitrogen and oxygen atoms in total. The highest BCUT2D eigenvalue weighted by atomic mass is 16.3. The Bertz CT molecular complexity index is 634. The molecule has 4 heteroatoms. The van der Waals surface area contributed by atoms with Gasteiger partial charge in [-0.05, 0) is 44.0 Å². The Hall–Kier alpha value is -2.49. The number of carbonyl (C=O) groups excluding carboxylic acids is 1. The number of aromatic hydroxyl groups is 2. The van der Waals surface area contributed by atoms with Gasteiger partial charge in [-0.2, -0.15) is 0 Å². The smallest absolute Gasteiger partial charge is 0.255 e. The predicted molar refractivity (Wildman–Crippen MR) is 78.4 cm³/mol. The van der Waals surface area contributed by atoms with Crippen LogP contribution >= 0.6 is 0 Å². The molecule has 0 bridgehead atoms. The van der Waals surface area contributed by atoms with Crippen LogP contribution in [0.3, 0.4) is 0 Å². The van der Waals surface area contributed by atoms with Crippen LogP contribution < -0.4 is 5.32 Å². The summed E-state index contributed by atoms with van der Waals surface area (Å²) in [4.78, 5) is 12.2. The van der Waals surface area contributed by atoms with Crippen molar-refractivity contribution in [1.29, 1.82) is 0 Å². The van der Waals surface area contributed by atoms with Crippen LogP contribution in [-0.4, -0.2) is 16.1 Å². The first kappa shape index (κ1) is 13.9. The van der Waals surface area contributed by atoms with E-state index in [0.29, 0.717) is 0 Å². The maximum absolute atomic E-state index is 12.2. The highest BCUT2D eigenvalue weighted by Gasteiger charge is 2.12. The number of phenolic OH excluding ortho intramolecular Hbond substituents is 2. The van der Waals surface area contributed by atoms with Gasteiger partial charge in [-0.25, -0.2) is 0 Å². The van der Waals surface area contributed by atoms with Crippen molar-refractivity contribution in [3.05, 3.63) is 52.6 Å². The molecule has 2 rings (SSSR count). The number of benzene rings is 2. The summed E-state index contributed by atoms with van der Waals surface area (Å²) in [6.45, 7) is 5.85. The molecule has 0 atom stereocenters. The number of nitrogens with one attached hydrogen (secondary N) is 1. The zero-order chi connectivity index (χ0) is 14.9. The van der Waals surface area contributed by atoms with Gasteiger partial charge in [0.15, 0.2) is 0 Å². The van der Waals surface area contributed by atoms with Crippen LogP contribution in [0.1, 0.15) is 27.0 Å². The Morgan fingerprint density at radius 2 is 1.40 bits per heavy atom. The number of amides is 1. The van der Waals surface area contributed by atoms with E-state index in [-0.39, 0.29) is 23.0 Å². The maximum atomic E-state index is 12.2. The molecule has 0 saturated carbocycles. The summed E-state index contributed by atoms with van der Waals surface area (Å²) >= 11 is 0. The highest BCUT2D eigenvalue weighted by molar-refractivity contribution is 6.05. The first-order valence-electron chi connectivity index (χ1n) is 6.29. The fraction of sp³-hybridized carbons (Fsp3) is 0.188. The molecule has 0 aliphatic heterocycles. The number of aryl methyl sites for hydroxylation is 3. The summed E-state index contributed by atoms with van der Waals surface area (Å²) in [6, 6.07) is 7.78. The van der Waals surface area contributed by atoms with Gasteiger partial charge < -0.3 is 15.5 Å². The number of hydrogen-bond donors (Lipinski definition) is 3. The minimum absolute atomic E-state index is 0.146. The number of hydrogen-bond acceptors (Lipinski definition) is 3. The van der Waals surface area contributed by atoms with E-state index in [1.54, 1.807) is 0 Å². The van der Waals surface area contributed by atoms with Gasteiger partial charge in [0, 0.05) is 17.3 Å². The quantitative estimate of drug-likeness (QED) is 0.785. The van der Waals surface area contributed by atoms with E-state index in [0.717, 1.165) is 22.4 Å². The summed E-state index contributed by atoms with van der Waals surface area (Å²) in [5, 5.41) is 21.6. The van der Waals surface area contributed by atoms with Crippen molar-refractivity contribution in [3.63, 3.8) is 0 Å². The molecule has 0 saturated heterocycles. The van der Waals surface area contributed by atoms with Crippen molar-refractivity contribution in [2.24, 2.45) is 0 Å². The second kappa shape index (κ2) is 5.25. The van der Waals surface area contributed by atoms with Crippen molar-refractivity contribution >= 4 is 11.6 Å². The second-order valence-electron chi connectivity index (χ2n) is 4.97. The average Bonchev–Trinajstić information content (AvgIpc) is 2.32. The van der Waals surface area contributed by atoms with Crippen molar-refractivity contribution in [2.75, 3.05) is 5.32 Å². The lowest BCUT2D eigenvalue weighted by molar-refractivity contribution is 0.102. The summed E-state index contributed by atoms with van der Waals surface area (Å²) in [5.74, 6) is -0.661. The lowest BCUT2D eigenvalue weighted by Crippen LogP contribution is -2.13. The van der Waals surface area contributed by atoms with Gasteiger partial charge in [0.05, 0.1) is 0 Å². The predicted octanol–water partition coefficient (Wildman–Crippen LogP) is 3.28. The molecule has 0 aliphatic rings. The Morgan fingerprint density at radius 3 is 1.90 bits per heavy atom. The molecular weight excluding hydrogens is 254 g/mol. The van der Waals surface area contributed by atoms with Crippen LogP contribution in [0.5, 0.6) is 11.5 Å². The SMILES string of the molecule is Cc1cc(C)c(NC(=O)c2cc(O)cc(O)c2)c(C)c1. The fourth-order valence-electron chi connectivity index (χ4n) is 2.29. The Morgan fingerprint density at radius 1 is 0.900 bits per heavy atom. The molecule has 0 aromatic heterocycles. The van der Waals surface area contributed by atoms with E-state index in [4.69, 9.17) is 0 Å². The van der Waals surface area contributed by atoms with Crippen LogP contribution in [-0.2, 0) is 0 Å². The maximum Gasteiger partial charge on any atom is 0.255 e. The van der Waals surface area contributed by atoms with Gasteiger partial charge in [-0.15, -0.1) is 0 Å². The van der Waals surface area contributed by atoms with Gasteiger partial charge in [-0.1, -0.05) is 17.7 Å². The molecule has 0 radical (unpaired) electrons. The van der Waals surface area contributed by atoms with Gasteiger partial charge >= 0.3 is 0 Å². The van der Waals surface area contributed by atoms with E-state index in [1.807, 2.05) is 32.9 Å². The first-order valence-corrected chi connectivity index (χ1v) is 6.29. The topological polar surface area (TPSA) is 69.6 Å². The minimum atomic E-state index is -0.369. The molecular formula is C16H17NO3. The van der Waals surface area contributed by atoms with E-state index >= 15 is 0 Å². The third-order valence-corrected chi connectivity index (χ3v) is 3.08. The van der Waals surface area contributed by atoms with Crippen LogP contribution in [0.4, 0.5) is 5.69 Å². The standard InChI is InChI=1S/C16H17NO3/c1-9-4-10(2)15(11(3)5-9)17-16(20)12-6-13(18)8-14(19)7-12/h4-8,18-19H,1-3H3,(H,17,20). The lowest BCUT2D eigenvalue weighted by atomic mass is 10.0. The molecule has 2 aromatic rings. The molecule has 3 N–H and O–H groups in total. The molecule has 20 heavy (non-hydrogen) atoms. The molecule has 1 amide bonds. The van der Waals surface area contributed by atoms with Crippen molar-refractivity contribution in [2.45, 2.75) is 20.8 Å². The molecule has 2 aromatic carbocycles. The van der Waals surface area contributed by atoms with Gasteiger partial charge in [0.2, 0.25) is 0 Å². The first-order chi connectivity index (χ1) is 9.36. The third kappa shape index (κ3) is 2.91. The molecule has 0 heterocycles. The largest absolute Gasteiger partial charge is 0.508 e. The van der Waals surface area contributed by atoms with Crippen LogP contribution in [0.15, 0.2) is 30.3 Å². The van der Waals surface area contributed by atoms with Gasteiger partial charge in [-0.3, -0.25) is 4.79 Å². The Balaban J connectivity index is 2.32. The monoisotopic (exact) mass is 271 g/mol. The molecule has 0 fully saturated rings. The third-order valence-electron chi connectivity index (χ3n) is 3.08. The zero-order valence-electron chi connectivity index (χ0n) is 11.7. The lowest BCUT2D eigenvalue weighted by Gasteiger charge is -2.13. The number of rotatable bonds is 2. The molecule has 0 spiro atoms. The normalized spacial score (nSPS) is 10.3. The van der Waals surface area contributed by atoms with E-state index < -0.39 is 0 Å². The summed E-state index contributed by atoms with van der Waals surface area (Å²) < 4.78 is 0. The van der Waals surface area contributed by atoms with Crippen molar-refractivity contribution in [1.82, 2.24) is 0 Å². The van der Waals surface area contributed by atoms with Crippen molar-refractivity contribution in [3.8, 4) is 11.5 Å². The van der Waals surface area contributed by atoms with Gasteiger partial charge in [0.1, 0.15) is 11.5 Å². The number of carbonyl (C=O) groups is 1. The minimum Gasteiger partial charge on any atom is -0.508 e. The van der Waals surface area contributed by atoms with Crippen LogP contribution in [0.25, 0.3) is 0 Å². The Kier molecular flexibility index (Phi) is 3.66. The second-order valence-corrected chi connectivity index (χ2v) is 4.97. The molecule has 0 aliphatic carbocycles. The summed E-state index contributed by atoms with van der Waals surface area (Å²) in [7, 11) is 0. The average molecular weight is 271 g/mol.